The van der Waals surface area contributed by atoms with E-state index in [1.807, 2.05) is 36.4 Å². The van der Waals surface area contributed by atoms with Gasteiger partial charge < -0.3 is 9.47 Å². The summed E-state index contributed by atoms with van der Waals surface area (Å²) in [6.45, 7) is 12.6. The molecule has 1 heterocycles. The lowest BCUT2D eigenvalue weighted by molar-refractivity contribution is -0.158. The molecular formula is C22H20N2O3. The van der Waals surface area contributed by atoms with Crippen molar-refractivity contribution < 1.29 is 14.3 Å². The van der Waals surface area contributed by atoms with E-state index in [0.29, 0.717) is 11.4 Å². The highest BCUT2D eigenvalue weighted by molar-refractivity contribution is 5.98. The predicted molar refractivity (Wildman–Crippen MR) is 105 cm³/mol. The maximum atomic E-state index is 12.3. The van der Waals surface area contributed by atoms with Crippen molar-refractivity contribution in [3.05, 3.63) is 66.1 Å². The molecule has 0 aliphatic heterocycles. The van der Waals surface area contributed by atoms with Crippen molar-refractivity contribution >= 4 is 22.6 Å². The molecule has 0 saturated carbocycles. The first-order valence-electron chi connectivity index (χ1n) is 8.68. The largest absolute Gasteiger partial charge is 0.475 e. The molecule has 5 heteroatoms. The number of carbonyl (C=O) groups is 1. The average Bonchev–Trinajstić information content (AvgIpc) is 2.68. The zero-order chi connectivity index (χ0) is 19.4. The van der Waals surface area contributed by atoms with E-state index in [2.05, 4.69) is 9.83 Å². The number of carbonyl (C=O) groups excluding carboxylic acids is 1. The number of fused-ring (bicyclic) bond motifs is 1. The molecule has 0 aliphatic rings. The van der Waals surface area contributed by atoms with Crippen LogP contribution in [0.1, 0.15) is 20.8 Å². The zero-order valence-corrected chi connectivity index (χ0v) is 15.5. The van der Waals surface area contributed by atoms with Crippen molar-refractivity contribution in [2.75, 3.05) is 6.61 Å². The first-order chi connectivity index (χ1) is 13.0. The molecule has 0 amide bonds. The Labute approximate surface area is 158 Å². The number of nitrogens with zero attached hydrogens (tertiary/aromatic N) is 2. The highest BCUT2D eigenvalue weighted by atomic mass is 16.6. The minimum atomic E-state index is -1.14. The molecule has 0 aliphatic carbocycles. The fourth-order valence-corrected chi connectivity index (χ4v) is 2.84. The Balaban J connectivity index is 2.15. The van der Waals surface area contributed by atoms with Gasteiger partial charge in [0.1, 0.15) is 5.75 Å². The molecule has 0 fully saturated rings. The van der Waals surface area contributed by atoms with Crippen LogP contribution in [0.2, 0.25) is 0 Å². The van der Waals surface area contributed by atoms with E-state index >= 15 is 0 Å². The van der Waals surface area contributed by atoms with E-state index in [1.54, 1.807) is 39.1 Å². The Morgan fingerprint density at radius 2 is 1.89 bits per heavy atom. The molecule has 0 N–H and O–H groups in total. The second-order valence-corrected chi connectivity index (χ2v) is 6.50. The van der Waals surface area contributed by atoms with Crippen LogP contribution in [0.5, 0.6) is 5.75 Å². The van der Waals surface area contributed by atoms with E-state index < -0.39 is 11.6 Å². The van der Waals surface area contributed by atoms with Crippen molar-refractivity contribution in [2.24, 2.45) is 0 Å². The van der Waals surface area contributed by atoms with Crippen molar-refractivity contribution in [3.8, 4) is 16.9 Å². The summed E-state index contributed by atoms with van der Waals surface area (Å²) in [4.78, 5) is 20.1. The van der Waals surface area contributed by atoms with Gasteiger partial charge in [0.05, 0.1) is 18.7 Å². The SMILES string of the molecule is [C-]#[N+]c1ccc(-c2c(OC(C)(C)C(=O)OCC)ccc3ncccc23)cc1. The quantitative estimate of drug-likeness (QED) is 0.465. The van der Waals surface area contributed by atoms with Crippen LogP contribution in [-0.4, -0.2) is 23.2 Å². The van der Waals surface area contributed by atoms with Gasteiger partial charge >= 0.3 is 5.97 Å². The standard InChI is InChI=1S/C22H20N2O3/c1-5-26-21(25)22(2,3)27-19-13-12-18-17(7-6-14-24-18)20(19)15-8-10-16(23-4)11-9-15/h6-14H,5H2,1-3H3. The number of hydrogen-bond acceptors (Lipinski definition) is 4. The summed E-state index contributed by atoms with van der Waals surface area (Å²) in [6, 6.07) is 14.8. The second kappa shape index (κ2) is 7.46. The molecular weight excluding hydrogens is 340 g/mol. The van der Waals surface area contributed by atoms with Crippen LogP contribution in [0.4, 0.5) is 5.69 Å². The van der Waals surface area contributed by atoms with Gasteiger partial charge in [-0.25, -0.2) is 9.64 Å². The van der Waals surface area contributed by atoms with Crippen LogP contribution in [0.3, 0.4) is 0 Å². The first-order valence-corrected chi connectivity index (χ1v) is 8.68. The van der Waals surface area contributed by atoms with Gasteiger partial charge in [0.15, 0.2) is 11.3 Å². The minimum absolute atomic E-state index is 0.290. The summed E-state index contributed by atoms with van der Waals surface area (Å²) in [5.74, 6) is 0.134. The van der Waals surface area contributed by atoms with E-state index in [-0.39, 0.29) is 6.61 Å². The first kappa shape index (κ1) is 18.4. The fraction of sp³-hybridized carbons (Fsp3) is 0.227. The van der Waals surface area contributed by atoms with Gasteiger partial charge in [0.2, 0.25) is 0 Å². The Morgan fingerprint density at radius 3 is 2.56 bits per heavy atom. The third kappa shape index (κ3) is 3.75. The van der Waals surface area contributed by atoms with Gasteiger partial charge in [-0.2, -0.15) is 0 Å². The number of rotatable bonds is 5. The monoisotopic (exact) mass is 360 g/mol. The number of esters is 1. The fourth-order valence-electron chi connectivity index (χ4n) is 2.84. The summed E-state index contributed by atoms with van der Waals surface area (Å²) in [7, 11) is 0. The predicted octanol–water partition coefficient (Wildman–Crippen LogP) is 5.17. The Bertz CT molecular complexity index is 1020. The molecule has 0 bridgehead atoms. The average molecular weight is 360 g/mol. The van der Waals surface area contributed by atoms with Gasteiger partial charge in [-0.1, -0.05) is 30.3 Å². The van der Waals surface area contributed by atoms with Gasteiger partial charge in [0, 0.05) is 17.1 Å². The minimum Gasteiger partial charge on any atom is -0.475 e. The smallest absolute Gasteiger partial charge is 0.349 e. The Morgan fingerprint density at radius 1 is 1.15 bits per heavy atom. The van der Waals surface area contributed by atoms with E-state index in [1.165, 1.54) is 0 Å². The lowest BCUT2D eigenvalue weighted by Crippen LogP contribution is -2.39. The molecule has 136 valence electrons. The number of hydrogen-bond donors (Lipinski definition) is 0. The van der Waals surface area contributed by atoms with Crippen LogP contribution in [0, 0.1) is 6.57 Å². The van der Waals surface area contributed by atoms with Gasteiger partial charge in [-0.05, 0) is 44.5 Å². The lowest BCUT2D eigenvalue weighted by atomic mass is 9.98. The topological polar surface area (TPSA) is 52.8 Å². The van der Waals surface area contributed by atoms with Crippen LogP contribution in [0.25, 0.3) is 26.9 Å². The number of benzene rings is 2. The third-order valence-corrected chi connectivity index (χ3v) is 4.16. The van der Waals surface area contributed by atoms with Crippen molar-refractivity contribution in [3.63, 3.8) is 0 Å². The summed E-state index contributed by atoms with van der Waals surface area (Å²) in [6.07, 6.45) is 1.73. The summed E-state index contributed by atoms with van der Waals surface area (Å²) in [5.41, 5.74) is 1.96. The highest BCUT2D eigenvalue weighted by Gasteiger charge is 2.32. The maximum Gasteiger partial charge on any atom is 0.349 e. The van der Waals surface area contributed by atoms with Crippen LogP contribution >= 0.6 is 0 Å². The van der Waals surface area contributed by atoms with E-state index in [4.69, 9.17) is 16.0 Å². The van der Waals surface area contributed by atoms with E-state index in [9.17, 15) is 4.79 Å². The Hall–Kier alpha value is -3.39. The maximum absolute atomic E-state index is 12.3. The second-order valence-electron chi connectivity index (χ2n) is 6.50. The highest BCUT2D eigenvalue weighted by Crippen LogP contribution is 2.38. The number of ether oxygens (including phenoxy) is 2. The van der Waals surface area contributed by atoms with Gasteiger partial charge in [0.25, 0.3) is 0 Å². The summed E-state index contributed by atoms with van der Waals surface area (Å²) >= 11 is 0. The molecule has 2 aromatic carbocycles. The van der Waals surface area contributed by atoms with E-state index in [0.717, 1.165) is 22.0 Å². The summed E-state index contributed by atoms with van der Waals surface area (Å²) in [5, 5.41) is 0.908. The number of aromatic nitrogens is 1. The van der Waals surface area contributed by atoms with Crippen molar-refractivity contribution in [1.82, 2.24) is 4.98 Å². The molecule has 27 heavy (non-hydrogen) atoms. The van der Waals surface area contributed by atoms with Crippen LogP contribution < -0.4 is 4.74 Å². The molecule has 5 nitrogen and oxygen atoms in total. The molecule has 3 rings (SSSR count). The van der Waals surface area contributed by atoms with Crippen LogP contribution in [0.15, 0.2) is 54.7 Å². The van der Waals surface area contributed by atoms with Crippen molar-refractivity contribution in [2.45, 2.75) is 26.4 Å². The number of pyridine rings is 1. The lowest BCUT2D eigenvalue weighted by Gasteiger charge is -2.26. The van der Waals surface area contributed by atoms with Crippen LogP contribution in [-0.2, 0) is 9.53 Å². The van der Waals surface area contributed by atoms with Gasteiger partial charge in [-0.3, -0.25) is 4.98 Å². The molecule has 3 aromatic rings. The zero-order valence-electron chi connectivity index (χ0n) is 15.5. The molecule has 0 unspecified atom stereocenters. The normalized spacial score (nSPS) is 11.0. The molecule has 0 atom stereocenters. The molecule has 0 spiro atoms. The van der Waals surface area contributed by atoms with Gasteiger partial charge in [-0.15, -0.1) is 0 Å². The molecule has 0 radical (unpaired) electrons. The third-order valence-electron chi connectivity index (χ3n) is 4.16. The molecule has 1 aromatic heterocycles. The van der Waals surface area contributed by atoms with Crippen molar-refractivity contribution in [1.29, 1.82) is 0 Å². The molecule has 0 saturated heterocycles. The Kier molecular flexibility index (Phi) is 5.09. The summed E-state index contributed by atoms with van der Waals surface area (Å²) < 4.78 is 11.2.